The Bertz CT molecular complexity index is 383. The van der Waals surface area contributed by atoms with E-state index in [-0.39, 0.29) is 26.1 Å². The number of urea groups is 1. The molecule has 0 radical (unpaired) electrons. The highest BCUT2D eigenvalue weighted by Crippen LogP contribution is 2.04. The van der Waals surface area contributed by atoms with Crippen LogP contribution >= 0.6 is 0 Å². The summed E-state index contributed by atoms with van der Waals surface area (Å²) in [4.78, 5) is 45.1. The fourth-order valence-corrected chi connectivity index (χ4v) is 1.47. The van der Waals surface area contributed by atoms with Gasteiger partial charge in [0.05, 0.1) is 0 Å². The Balaban J connectivity index is 2.58. The summed E-state index contributed by atoms with van der Waals surface area (Å²) in [5.41, 5.74) is 4.89. The molecule has 0 aromatic rings. The van der Waals surface area contributed by atoms with E-state index >= 15 is 0 Å². The Labute approximate surface area is 102 Å². The first kappa shape index (κ1) is 13.7. The average Bonchev–Trinajstić information content (AvgIpc) is 2.27. The Morgan fingerprint density at radius 3 is 2.72 bits per heavy atom. The van der Waals surface area contributed by atoms with Crippen LogP contribution in [0.3, 0.4) is 0 Å². The smallest absolute Gasteiger partial charge is 0.328 e. The number of carbonyl (C=O) groups is 4. The second-order valence-corrected chi connectivity index (χ2v) is 3.73. The first-order chi connectivity index (χ1) is 8.41. The van der Waals surface area contributed by atoms with Crippen molar-refractivity contribution in [3.63, 3.8) is 0 Å². The van der Waals surface area contributed by atoms with Crippen molar-refractivity contribution in [3.05, 3.63) is 0 Å². The Kier molecular flexibility index (Phi) is 4.46. The van der Waals surface area contributed by atoms with Crippen LogP contribution in [0.5, 0.6) is 0 Å². The molecule has 0 aromatic carbocycles. The van der Waals surface area contributed by atoms with Gasteiger partial charge < -0.3 is 21.5 Å². The second kappa shape index (κ2) is 5.84. The van der Waals surface area contributed by atoms with Gasteiger partial charge in [0.15, 0.2) is 0 Å². The van der Waals surface area contributed by atoms with Crippen LogP contribution in [0.15, 0.2) is 0 Å². The molecule has 4 amide bonds. The summed E-state index contributed by atoms with van der Waals surface area (Å²) in [5, 5.41) is 13.6. The molecule has 1 aliphatic rings. The van der Waals surface area contributed by atoms with Gasteiger partial charge in [-0.2, -0.15) is 0 Å². The Morgan fingerprint density at radius 1 is 1.50 bits per heavy atom. The van der Waals surface area contributed by atoms with Crippen LogP contribution < -0.4 is 16.4 Å². The highest BCUT2D eigenvalue weighted by atomic mass is 16.4. The molecule has 1 aliphatic heterocycles. The molecule has 1 unspecified atom stereocenters. The number of rotatable bonds is 4. The van der Waals surface area contributed by atoms with E-state index in [1.807, 2.05) is 0 Å². The predicted octanol–water partition coefficient (Wildman–Crippen LogP) is -2.54. The van der Waals surface area contributed by atoms with E-state index in [2.05, 4.69) is 10.6 Å². The molecule has 18 heavy (non-hydrogen) atoms. The number of nitrogens with zero attached hydrogens (tertiary/aromatic N) is 1. The number of nitrogens with two attached hydrogens (primary N) is 1. The highest BCUT2D eigenvalue weighted by molar-refractivity contribution is 5.90. The van der Waals surface area contributed by atoms with Crippen LogP contribution in [0.1, 0.15) is 6.42 Å². The summed E-state index contributed by atoms with van der Waals surface area (Å²) in [6.07, 6.45) is -0.0521. The van der Waals surface area contributed by atoms with E-state index in [4.69, 9.17) is 10.8 Å². The second-order valence-electron chi connectivity index (χ2n) is 3.73. The molecule has 0 spiro atoms. The van der Waals surface area contributed by atoms with Crippen molar-refractivity contribution < 1.29 is 24.3 Å². The number of carboxylic acids is 1. The highest BCUT2D eigenvalue weighted by Gasteiger charge is 2.34. The van der Waals surface area contributed by atoms with Gasteiger partial charge >= 0.3 is 12.0 Å². The Morgan fingerprint density at radius 2 is 2.17 bits per heavy atom. The molecule has 1 heterocycles. The van der Waals surface area contributed by atoms with Gasteiger partial charge in [-0.05, 0) is 0 Å². The average molecular weight is 258 g/mol. The topological polar surface area (TPSA) is 142 Å². The molecule has 0 aromatic heterocycles. The van der Waals surface area contributed by atoms with Gasteiger partial charge in [-0.25, -0.2) is 9.59 Å². The fraction of sp³-hybridized carbons (Fsp3) is 0.556. The summed E-state index contributed by atoms with van der Waals surface area (Å²) < 4.78 is 0. The lowest BCUT2D eigenvalue weighted by molar-refractivity contribution is -0.144. The number of nitrogens with one attached hydrogen (secondary N) is 2. The van der Waals surface area contributed by atoms with Gasteiger partial charge in [-0.1, -0.05) is 0 Å². The lowest BCUT2D eigenvalue weighted by atomic mass is 10.2. The van der Waals surface area contributed by atoms with Crippen molar-refractivity contribution in [2.75, 3.05) is 19.6 Å². The summed E-state index contributed by atoms with van der Waals surface area (Å²) in [6, 6.07) is -1.82. The summed E-state index contributed by atoms with van der Waals surface area (Å²) in [7, 11) is 0. The van der Waals surface area contributed by atoms with E-state index in [1.165, 1.54) is 0 Å². The standard InChI is InChI=1S/C9H14N4O5/c10-6(14)1-2-11-9(18)13-4-7(15)12-3-5(13)8(16)17/h5H,1-4H2,(H2,10,14)(H,11,18)(H,12,15)(H,16,17). The van der Waals surface area contributed by atoms with Crippen LogP contribution in [-0.2, 0) is 14.4 Å². The molecule has 5 N–H and O–H groups in total. The number of hydrogen-bond acceptors (Lipinski definition) is 4. The molecule has 0 saturated carbocycles. The van der Waals surface area contributed by atoms with Crippen LogP contribution in [0.4, 0.5) is 4.79 Å². The summed E-state index contributed by atoms with van der Waals surface area (Å²) >= 11 is 0. The lowest BCUT2D eigenvalue weighted by Gasteiger charge is -2.32. The third-order valence-electron chi connectivity index (χ3n) is 2.38. The number of amides is 4. The van der Waals surface area contributed by atoms with E-state index in [9.17, 15) is 19.2 Å². The maximum atomic E-state index is 11.7. The minimum absolute atomic E-state index is 0.00136. The number of primary amides is 1. The van der Waals surface area contributed by atoms with Crippen LogP contribution in [0.2, 0.25) is 0 Å². The van der Waals surface area contributed by atoms with Crippen LogP contribution in [-0.4, -0.2) is 59.5 Å². The molecule has 100 valence electrons. The molecule has 0 bridgehead atoms. The van der Waals surface area contributed by atoms with E-state index < -0.39 is 29.9 Å². The zero-order valence-corrected chi connectivity index (χ0v) is 9.51. The molecular formula is C9H14N4O5. The van der Waals surface area contributed by atoms with Crippen molar-refractivity contribution in [1.29, 1.82) is 0 Å². The minimum Gasteiger partial charge on any atom is -0.480 e. The molecule has 1 rings (SSSR count). The first-order valence-electron chi connectivity index (χ1n) is 5.24. The normalized spacial score (nSPS) is 19.0. The van der Waals surface area contributed by atoms with Gasteiger partial charge in [0.25, 0.3) is 0 Å². The SMILES string of the molecule is NC(=O)CCNC(=O)N1CC(=O)NCC1C(=O)O. The molecular weight excluding hydrogens is 244 g/mol. The van der Waals surface area contributed by atoms with Crippen molar-refractivity contribution in [2.45, 2.75) is 12.5 Å². The van der Waals surface area contributed by atoms with Crippen molar-refractivity contribution in [3.8, 4) is 0 Å². The third kappa shape index (κ3) is 3.61. The van der Waals surface area contributed by atoms with Gasteiger partial charge in [-0.3, -0.25) is 14.5 Å². The third-order valence-corrected chi connectivity index (χ3v) is 2.38. The molecule has 0 aliphatic carbocycles. The molecule has 9 nitrogen and oxygen atoms in total. The van der Waals surface area contributed by atoms with Crippen molar-refractivity contribution >= 4 is 23.8 Å². The zero-order valence-electron chi connectivity index (χ0n) is 9.51. The number of aliphatic carboxylic acids is 1. The van der Waals surface area contributed by atoms with E-state index in [0.29, 0.717) is 0 Å². The van der Waals surface area contributed by atoms with Crippen LogP contribution in [0.25, 0.3) is 0 Å². The van der Waals surface area contributed by atoms with E-state index in [0.717, 1.165) is 4.90 Å². The number of hydrogen-bond donors (Lipinski definition) is 4. The maximum absolute atomic E-state index is 11.7. The summed E-state index contributed by atoms with van der Waals surface area (Å²) in [5.74, 6) is -2.22. The summed E-state index contributed by atoms with van der Waals surface area (Å²) in [6.45, 7) is -0.477. The minimum atomic E-state index is -1.21. The molecule has 1 fully saturated rings. The number of piperazine rings is 1. The fourth-order valence-electron chi connectivity index (χ4n) is 1.47. The monoisotopic (exact) mass is 258 g/mol. The van der Waals surface area contributed by atoms with Gasteiger partial charge in [0.1, 0.15) is 12.6 Å². The zero-order chi connectivity index (χ0) is 13.7. The van der Waals surface area contributed by atoms with E-state index in [1.54, 1.807) is 0 Å². The van der Waals surface area contributed by atoms with Crippen LogP contribution in [0, 0.1) is 0 Å². The van der Waals surface area contributed by atoms with Gasteiger partial charge in [-0.15, -0.1) is 0 Å². The van der Waals surface area contributed by atoms with Crippen molar-refractivity contribution in [1.82, 2.24) is 15.5 Å². The maximum Gasteiger partial charge on any atom is 0.328 e. The Hall–Kier alpha value is -2.32. The molecule has 9 heteroatoms. The van der Waals surface area contributed by atoms with Gasteiger partial charge in [0.2, 0.25) is 11.8 Å². The first-order valence-corrected chi connectivity index (χ1v) is 5.24. The quantitative estimate of drug-likeness (QED) is 0.439. The van der Waals surface area contributed by atoms with Crippen molar-refractivity contribution in [2.24, 2.45) is 5.73 Å². The number of carboxylic acid groups (broad SMARTS) is 1. The molecule has 1 saturated heterocycles. The molecule has 1 atom stereocenters. The number of carbonyl (C=O) groups excluding carboxylic acids is 3. The lowest BCUT2D eigenvalue weighted by Crippen LogP contribution is -2.61. The van der Waals surface area contributed by atoms with Gasteiger partial charge in [0, 0.05) is 19.5 Å². The predicted molar refractivity (Wildman–Crippen MR) is 58.3 cm³/mol. The largest absolute Gasteiger partial charge is 0.480 e.